The summed E-state index contributed by atoms with van der Waals surface area (Å²) in [6, 6.07) is 1.63. The van der Waals surface area contributed by atoms with E-state index < -0.39 is 13.9 Å². The maximum atomic E-state index is 13.3. The summed E-state index contributed by atoms with van der Waals surface area (Å²) in [5.74, 6) is -0.168. The highest BCUT2D eigenvalue weighted by Crippen LogP contribution is 2.39. The molecular formula is C22H29N5O3Si. The number of nitrogens with two attached hydrogens (primary N) is 1. The van der Waals surface area contributed by atoms with E-state index in [9.17, 15) is 4.79 Å². The number of ketones is 1. The summed E-state index contributed by atoms with van der Waals surface area (Å²) in [7, 11) is -1.96. The van der Waals surface area contributed by atoms with E-state index in [-0.39, 0.29) is 10.8 Å². The normalized spacial score (nSPS) is 16.3. The molecule has 164 valence electrons. The van der Waals surface area contributed by atoms with Crippen molar-refractivity contribution in [2.75, 3.05) is 25.6 Å². The zero-order valence-corrected chi connectivity index (χ0v) is 19.7. The Morgan fingerprint density at radius 2 is 2.00 bits per heavy atom. The average Bonchev–Trinajstić information content (AvgIpc) is 3.06. The fourth-order valence-corrected chi connectivity index (χ4v) is 4.47. The summed E-state index contributed by atoms with van der Waals surface area (Å²) in [4.78, 5) is 26.0. The zero-order chi connectivity index (χ0) is 22.4. The molecule has 0 amide bonds. The van der Waals surface area contributed by atoms with Crippen LogP contribution in [-0.2, 0) is 14.7 Å². The fraction of sp³-hybridized carbons (Fsp3) is 0.455. The zero-order valence-electron chi connectivity index (χ0n) is 18.7. The van der Waals surface area contributed by atoms with Gasteiger partial charge in [-0.25, -0.2) is 9.97 Å². The van der Waals surface area contributed by atoms with Crippen LogP contribution in [0.2, 0.25) is 18.1 Å². The monoisotopic (exact) mass is 439 g/mol. The molecule has 1 saturated heterocycles. The van der Waals surface area contributed by atoms with Gasteiger partial charge < -0.3 is 19.5 Å². The van der Waals surface area contributed by atoms with Gasteiger partial charge in [0, 0.05) is 35.7 Å². The van der Waals surface area contributed by atoms with Gasteiger partial charge in [0.2, 0.25) is 0 Å². The van der Waals surface area contributed by atoms with Crippen LogP contribution >= 0.6 is 0 Å². The van der Waals surface area contributed by atoms with E-state index in [1.807, 2.05) is 10.8 Å². The molecular weight excluding hydrogens is 410 g/mol. The van der Waals surface area contributed by atoms with Crippen LogP contribution in [0, 0.1) is 0 Å². The number of nitrogen functional groups attached to an aromatic ring is 1. The maximum absolute atomic E-state index is 13.3. The first-order valence-electron chi connectivity index (χ1n) is 10.3. The number of ether oxygens (including phenoxy) is 1. The average molecular weight is 440 g/mol. The van der Waals surface area contributed by atoms with Crippen LogP contribution in [0.25, 0.3) is 11.0 Å². The summed E-state index contributed by atoms with van der Waals surface area (Å²) in [5.41, 5.74) is 7.51. The van der Waals surface area contributed by atoms with Gasteiger partial charge in [0.1, 0.15) is 17.5 Å². The minimum atomic E-state index is -1.96. The topological polar surface area (TPSA) is 105 Å². The highest BCUT2D eigenvalue weighted by atomic mass is 28.4. The molecule has 1 fully saturated rings. The maximum Gasteiger partial charge on any atom is 0.196 e. The minimum Gasteiger partial charge on any atom is -0.414 e. The number of carbonyl (C=O) groups is 1. The molecule has 1 aliphatic heterocycles. The summed E-state index contributed by atoms with van der Waals surface area (Å²) in [6.07, 6.45) is 8.06. The Morgan fingerprint density at radius 3 is 2.61 bits per heavy atom. The van der Waals surface area contributed by atoms with E-state index >= 15 is 0 Å². The van der Waals surface area contributed by atoms with Gasteiger partial charge in [0.15, 0.2) is 14.1 Å². The first-order valence-corrected chi connectivity index (χ1v) is 13.2. The molecule has 0 unspecified atom stereocenters. The van der Waals surface area contributed by atoms with Crippen LogP contribution in [0.3, 0.4) is 0 Å². The molecule has 0 atom stereocenters. The largest absolute Gasteiger partial charge is 0.414 e. The number of fused-ring (bicyclic) bond motifs is 1. The van der Waals surface area contributed by atoms with E-state index in [0.29, 0.717) is 47.7 Å². The first-order chi connectivity index (χ1) is 14.5. The summed E-state index contributed by atoms with van der Waals surface area (Å²) >= 11 is 0. The van der Waals surface area contributed by atoms with Gasteiger partial charge in [0.25, 0.3) is 0 Å². The first kappa shape index (κ1) is 21.6. The molecule has 2 N–H and O–H groups in total. The summed E-state index contributed by atoms with van der Waals surface area (Å²) in [5, 5.41) is 0.787. The van der Waals surface area contributed by atoms with Crippen LogP contribution < -0.4 is 5.73 Å². The molecule has 4 heterocycles. The lowest BCUT2D eigenvalue weighted by Crippen LogP contribution is -2.57. The third-order valence-electron chi connectivity index (χ3n) is 6.49. The van der Waals surface area contributed by atoms with Crippen molar-refractivity contribution < 1.29 is 14.0 Å². The highest BCUT2D eigenvalue weighted by Gasteiger charge is 2.46. The lowest BCUT2D eigenvalue weighted by atomic mass is 9.98. The van der Waals surface area contributed by atoms with Crippen molar-refractivity contribution in [1.82, 2.24) is 19.5 Å². The molecule has 0 radical (unpaired) electrons. The standard InChI is InChI=1S/C22H29N5O3Si/c1-21(2,3)31(4,5)30-13-22(11-29-12-22)27-10-18(17-9-25-14-26-20(17)27)19(28)15-6-16(23)8-24-7-15/h6-10,14H,11-13,23H2,1-5H3. The van der Waals surface area contributed by atoms with Gasteiger partial charge in [-0.2, -0.15) is 0 Å². The molecule has 0 aromatic carbocycles. The van der Waals surface area contributed by atoms with Crippen LogP contribution in [-0.4, -0.2) is 53.4 Å². The number of hydrogen-bond donors (Lipinski definition) is 1. The number of pyridine rings is 1. The second-order valence-electron chi connectivity index (χ2n) is 9.77. The smallest absolute Gasteiger partial charge is 0.196 e. The van der Waals surface area contributed by atoms with Crippen molar-refractivity contribution in [3.63, 3.8) is 0 Å². The summed E-state index contributed by atoms with van der Waals surface area (Å²) in [6.45, 7) is 12.6. The Hall–Kier alpha value is -2.62. The second-order valence-corrected chi connectivity index (χ2v) is 14.6. The quantitative estimate of drug-likeness (QED) is 0.463. The van der Waals surface area contributed by atoms with Crippen molar-refractivity contribution in [1.29, 1.82) is 0 Å². The number of anilines is 1. The number of rotatable bonds is 6. The van der Waals surface area contributed by atoms with Gasteiger partial charge in [-0.05, 0) is 24.2 Å². The van der Waals surface area contributed by atoms with Crippen LogP contribution in [0.1, 0.15) is 36.7 Å². The number of nitrogens with zero attached hydrogens (tertiary/aromatic N) is 4. The third kappa shape index (κ3) is 3.77. The molecule has 8 nitrogen and oxygen atoms in total. The van der Waals surface area contributed by atoms with E-state index in [1.165, 1.54) is 18.7 Å². The van der Waals surface area contributed by atoms with Gasteiger partial charge in [-0.1, -0.05) is 20.8 Å². The Balaban J connectivity index is 1.75. The van der Waals surface area contributed by atoms with Crippen LogP contribution in [0.4, 0.5) is 5.69 Å². The molecule has 31 heavy (non-hydrogen) atoms. The van der Waals surface area contributed by atoms with Crippen molar-refractivity contribution in [2.45, 2.75) is 44.4 Å². The van der Waals surface area contributed by atoms with Crippen LogP contribution in [0.5, 0.6) is 0 Å². The number of carbonyl (C=O) groups excluding carboxylic acids is 1. The molecule has 0 aliphatic carbocycles. The molecule has 9 heteroatoms. The molecule has 4 rings (SSSR count). The Labute approximate surface area is 182 Å². The molecule has 0 bridgehead atoms. The number of hydrogen-bond acceptors (Lipinski definition) is 7. The molecule has 3 aromatic rings. The molecule has 1 aliphatic rings. The Morgan fingerprint density at radius 1 is 1.26 bits per heavy atom. The second kappa shape index (κ2) is 7.51. The molecule has 3 aromatic heterocycles. The number of aromatic nitrogens is 4. The fourth-order valence-electron chi connectivity index (χ4n) is 3.41. The Bertz CT molecular complexity index is 1130. The Kier molecular flexibility index (Phi) is 5.23. The lowest BCUT2D eigenvalue weighted by molar-refractivity contribution is -0.119. The van der Waals surface area contributed by atoms with Crippen molar-refractivity contribution in [2.24, 2.45) is 0 Å². The highest BCUT2D eigenvalue weighted by molar-refractivity contribution is 6.74. The van der Waals surface area contributed by atoms with Gasteiger partial charge in [-0.3, -0.25) is 9.78 Å². The van der Waals surface area contributed by atoms with Crippen molar-refractivity contribution >= 4 is 30.8 Å². The predicted octanol–water partition coefficient (Wildman–Crippen LogP) is 3.39. The van der Waals surface area contributed by atoms with Crippen LogP contribution in [0.15, 0.2) is 37.2 Å². The predicted molar refractivity (Wildman–Crippen MR) is 122 cm³/mol. The summed E-state index contributed by atoms with van der Waals surface area (Å²) < 4.78 is 14.2. The van der Waals surface area contributed by atoms with Gasteiger partial charge in [0.05, 0.1) is 31.1 Å². The third-order valence-corrected chi connectivity index (χ3v) is 11.0. The SMILES string of the molecule is CC(C)(C)[Si](C)(C)OCC1(n2cc(C(=O)c3cncc(N)c3)c3cncnc32)COC1. The van der Waals surface area contributed by atoms with Crippen molar-refractivity contribution in [3.8, 4) is 0 Å². The van der Waals surface area contributed by atoms with Crippen molar-refractivity contribution in [3.05, 3.63) is 48.3 Å². The van der Waals surface area contributed by atoms with E-state index in [4.69, 9.17) is 14.9 Å². The molecule has 0 saturated carbocycles. The van der Waals surface area contributed by atoms with E-state index in [0.717, 1.165) is 0 Å². The van der Waals surface area contributed by atoms with E-state index in [1.54, 1.807) is 12.3 Å². The van der Waals surface area contributed by atoms with Gasteiger partial charge >= 0.3 is 0 Å². The molecule has 0 spiro atoms. The minimum absolute atomic E-state index is 0.0983. The van der Waals surface area contributed by atoms with Gasteiger partial charge in [-0.15, -0.1) is 0 Å². The van der Waals surface area contributed by atoms with E-state index in [2.05, 4.69) is 48.8 Å². The lowest BCUT2D eigenvalue weighted by Gasteiger charge is -2.46.